The lowest BCUT2D eigenvalue weighted by Gasteiger charge is -2.12. The predicted molar refractivity (Wildman–Crippen MR) is 75.8 cm³/mol. The van der Waals surface area contributed by atoms with E-state index >= 15 is 0 Å². The SMILES string of the molecule is CCCOc1cccc2c1[nH]c(=S)n2C1(C)CC1. The fraction of sp³-hybridized carbons (Fsp3) is 0.500. The van der Waals surface area contributed by atoms with Crippen LogP contribution in [-0.2, 0) is 5.54 Å². The van der Waals surface area contributed by atoms with E-state index in [1.165, 1.54) is 12.8 Å². The lowest BCUT2D eigenvalue weighted by atomic mass is 10.2. The molecule has 1 fully saturated rings. The van der Waals surface area contributed by atoms with Crippen LogP contribution < -0.4 is 4.74 Å². The second-order valence-electron chi connectivity index (χ2n) is 5.26. The van der Waals surface area contributed by atoms with E-state index in [0.29, 0.717) is 0 Å². The van der Waals surface area contributed by atoms with E-state index < -0.39 is 0 Å². The van der Waals surface area contributed by atoms with Gasteiger partial charge < -0.3 is 14.3 Å². The summed E-state index contributed by atoms with van der Waals surface area (Å²) in [5, 5.41) is 0. The van der Waals surface area contributed by atoms with Crippen molar-refractivity contribution in [1.29, 1.82) is 0 Å². The minimum absolute atomic E-state index is 0.207. The fourth-order valence-electron chi connectivity index (χ4n) is 2.38. The van der Waals surface area contributed by atoms with E-state index in [-0.39, 0.29) is 5.54 Å². The van der Waals surface area contributed by atoms with Crippen LogP contribution in [-0.4, -0.2) is 16.2 Å². The highest BCUT2D eigenvalue weighted by molar-refractivity contribution is 7.71. The number of nitrogens with zero attached hydrogens (tertiary/aromatic N) is 1. The van der Waals surface area contributed by atoms with Crippen LogP contribution in [0.2, 0.25) is 0 Å². The molecule has 1 heterocycles. The Morgan fingerprint density at radius 1 is 1.44 bits per heavy atom. The van der Waals surface area contributed by atoms with Gasteiger partial charge in [0.05, 0.1) is 12.1 Å². The standard InChI is InChI=1S/C14H18N2OS/c1-3-9-17-11-6-4-5-10-12(11)15-13(18)16(10)14(2)7-8-14/h4-6H,3,7-9H2,1-2H3,(H,15,18). The van der Waals surface area contributed by atoms with Crippen LogP contribution in [0.3, 0.4) is 0 Å². The summed E-state index contributed by atoms with van der Waals surface area (Å²) >= 11 is 5.47. The molecule has 1 aromatic heterocycles. The summed E-state index contributed by atoms with van der Waals surface area (Å²) in [5.74, 6) is 0.906. The van der Waals surface area contributed by atoms with Gasteiger partial charge >= 0.3 is 0 Å². The molecule has 1 aliphatic rings. The average Bonchev–Trinajstić information content (AvgIpc) is 2.98. The predicted octanol–water partition coefficient (Wildman–Crippen LogP) is 4.00. The first-order valence-electron chi connectivity index (χ1n) is 6.53. The minimum Gasteiger partial charge on any atom is -0.491 e. The van der Waals surface area contributed by atoms with Crippen LogP contribution in [0.5, 0.6) is 5.75 Å². The Morgan fingerprint density at radius 3 is 2.89 bits per heavy atom. The molecule has 0 radical (unpaired) electrons. The number of nitrogens with one attached hydrogen (secondary N) is 1. The summed E-state index contributed by atoms with van der Waals surface area (Å²) < 4.78 is 8.83. The van der Waals surface area contributed by atoms with Crippen LogP contribution in [0.4, 0.5) is 0 Å². The normalized spacial score (nSPS) is 17.0. The largest absolute Gasteiger partial charge is 0.491 e. The molecule has 3 rings (SSSR count). The summed E-state index contributed by atoms with van der Waals surface area (Å²) in [5.41, 5.74) is 2.40. The van der Waals surface area contributed by atoms with Gasteiger partial charge in [-0.25, -0.2) is 0 Å². The lowest BCUT2D eigenvalue weighted by molar-refractivity contribution is 0.320. The maximum Gasteiger partial charge on any atom is 0.178 e. The number of aromatic nitrogens is 2. The number of rotatable bonds is 4. The summed E-state index contributed by atoms with van der Waals surface area (Å²) in [6.07, 6.45) is 3.41. The maximum atomic E-state index is 5.78. The van der Waals surface area contributed by atoms with Crippen molar-refractivity contribution in [2.75, 3.05) is 6.61 Å². The second kappa shape index (κ2) is 4.12. The molecular weight excluding hydrogens is 244 g/mol. The monoisotopic (exact) mass is 262 g/mol. The summed E-state index contributed by atoms with van der Waals surface area (Å²) in [6, 6.07) is 6.16. The van der Waals surface area contributed by atoms with Gasteiger partial charge in [0.25, 0.3) is 0 Å². The van der Waals surface area contributed by atoms with Gasteiger partial charge in [-0.2, -0.15) is 0 Å². The van der Waals surface area contributed by atoms with Crippen molar-refractivity contribution in [3.8, 4) is 5.75 Å². The molecule has 4 heteroatoms. The Labute approximate surface area is 112 Å². The van der Waals surface area contributed by atoms with Gasteiger partial charge in [0.15, 0.2) is 4.77 Å². The van der Waals surface area contributed by atoms with Gasteiger partial charge in [-0.3, -0.25) is 0 Å². The molecule has 96 valence electrons. The summed E-state index contributed by atoms with van der Waals surface area (Å²) in [6.45, 7) is 5.11. The molecule has 0 amide bonds. The van der Waals surface area contributed by atoms with Gasteiger partial charge in [-0.05, 0) is 50.5 Å². The highest BCUT2D eigenvalue weighted by Crippen LogP contribution is 2.45. The zero-order valence-electron chi connectivity index (χ0n) is 10.8. The number of ether oxygens (including phenoxy) is 1. The van der Waals surface area contributed by atoms with E-state index in [9.17, 15) is 0 Å². The number of benzene rings is 1. The molecule has 0 unspecified atom stereocenters. The smallest absolute Gasteiger partial charge is 0.178 e. The van der Waals surface area contributed by atoms with Crippen LogP contribution >= 0.6 is 12.2 Å². The Kier molecular flexibility index (Phi) is 2.70. The van der Waals surface area contributed by atoms with Crippen LogP contribution in [0.25, 0.3) is 11.0 Å². The van der Waals surface area contributed by atoms with Crippen LogP contribution in [0, 0.1) is 4.77 Å². The third-order valence-corrected chi connectivity index (χ3v) is 3.94. The van der Waals surface area contributed by atoms with Gasteiger partial charge in [0, 0.05) is 5.54 Å². The van der Waals surface area contributed by atoms with Gasteiger partial charge in [0.1, 0.15) is 11.3 Å². The number of H-pyrrole nitrogens is 1. The molecular formula is C14H18N2OS. The van der Waals surface area contributed by atoms with E-state index in [1.54, 1.807) is 0 Å². The first-order chi connectivity index (χ1) is 8.65. The Hall–Kier alpha value is -1.29. The van der Waals surface area contributed by atoms with Crippen molar-refractivity contribution in [3.63, 3.8) is 0 Å². The molecule has 1 saturated carbocycles. The van der Waals surface area contributed by atoms with Crippen molar-refractivity contribution in [2.24, 2.45) is 0 Å². The van der Waals surface area contributed by atoms with Gasteiger partial charge in [-0.1, -0.05) is 13.0 Å². The van der Waals surface area contributed by atoms with Crippen molar-refractivity contribution < 1.29 is 4.74 Å². The average molecular weight is 262 g/mol. The van der Waals surface area contributed by atoms with Crippen LogP contribution in [0.1, 0.15) is 33.1 Å². The first kappa shape index (κ1) is 11.8. The Bertz CT molecular complexity index is 637. The number of imidazole rings is 1. The number of fused-ring (bicyclic) bond motifs is 1. The number of hydrogen-bond acceptors (Lipinski definition) is 2. The van der Waals surface area contributed by atoms with Crippen molar-refractivity contribution in [2.45, 2.75) is 38.6 Å². The van der Waals surface area contributed by atoms with Crippen molar-refractivity contribution in [3.05, 3.63) is 23.0 Å². The lowest BCUT2D eigenvalue weighted by Crippen LogP contribution is -2.11. The molecule has 2 aromatic rings. The molecule has 0 spiro atoms. The third-order valence-electron chi connectivity index (χ3n) is 3.66. The zero-order valence-corrected chi connectivity index (χ0v) is 11.6. The quantitative estimate of drug-likeness (QED) is 0.844. The molecule has 0 aliphatic heterocycles. The minimum atomic E-state index is 0.207. The van der Waals surface area contributed by atoms with Gasteiger partial charge in [0.2, 0.25) is 0 Å². The molecule has 0 bridgehead atoms. The second-order valence-corrected chi connectivity index (χ2v) is 5.65. The summed E-state index contributed by atoms with van der Waals surface area (Å²) in [7, 11) is 0. The van der Waals surface area contributed by atoms with Crippen molar-refractivity contribution >= 4 is 23.3 Å². The van der Waals surface area contributed by atoms with Crippen molar-refractivity contribution in [1.82, 2.24) is 9.55 Å². The Balaban J connectivity index is 2.16. The van der Waals surface area contributed by atoms with Crippen LogP contribution in [0.15, 0.2) is 18.2 Å². The third kappa shape index (κ3) is 1.75. The highest BCUT2D eigenvalue weighted by Gasteiger charge is 2.41. The van der Waals surface area contributed by atoms with E-state index in [4.69, 9.17) is 17.0 Å². The first-order valence-corrected chi connectivity index (χ1v) is 6.93. The molecule has 1 N–H and O–H groups in total. The zero-order chi connectivity index (χ0) is 12.8. The van der Waals surface area contributed by atoms with E-state index in [0.717, 1.165) is 34.6 Å². The fourth-order valence-corrected chi connectivity index (χ4v) is 2.80. The molecule has 3 nitrogen and oxygen atoms in total. The highest BCUT2D eigenvalue weighted by atomic mass is 32.1. The number of aromatic amines is 1. The summed E-state index contributed by atoms with van der Waals surface area (Å²) in [4.78, 5) is 3.30. The number of para-hydroxylation sites is 1. The molecule has 1 aliphatic carbocycles. The number of hydrogen-bond donors (Lipinski definition) is 1. The van der Waals surface area contributed by atoms with E-state index in [2.05, 4.69) is 29.5 Å². The topological polar surface area (TPSA) is 29.9 Å². The molecule has 0 saturated heterocycles. The Morgan fingerprint density at radius 2 is 2.22 bits per heavy atom. The molecule has 0 atom stereocenters. The molecule has 18 heavy (non-hydrogen) atoms. The maximum absolute atomic E-state index is 5.78. The molecule has 1 aromatic carbocycles. The van der Waals surface area contributed by atoms with Gasteiger partial charge in [-0.15, -0.1) is 0 Å². The van der Waals surface area contributed by atoms with E-state index in [1.807, 2.05) is 12.1 Å².